The lowest BCUT2D eigenvalue weighted by atomic mass is 10.00. The van der Waals surface area contributed by atoms with Crippen molar-refractivity contribution in [1.29, 1.82) is 0 Å². The number of carbonyl (C=O) groups excluding carboxylic acids is 2. The van der Waals surface area contributed by atoms with E-state index in [-0.39, 0.29) is 29.9 Å². The highest BCUT2D eigenvalue weighted by Crippen LogP contribution is 2.28. The van der Waals surface area contributed by atoms with Crippen LogP contribution in [0.3, 0.4) is 0 Å². The number of esters is 1. The monoisotopic (exact) mass is 339 g/mol. The van der Waals surface area contributed by atoms with Gasteiger partial charge in [0.05, 0.1) is 18.3 Å². The van der Waals surface area contributed by atoms with Crippen molar-refractivity contribution in [2.45, 2.75) is 58.5 Å². The normalized spacial score (nSPS) is 21.9. The zero-order chi connectivity index (χ0) is 17.0. The molecule has 0 aromatic carbocycles. The van der Waals surface area contributed by atoms with Gasteiger partial charge in [-0.3, -0.25) is 4.79 Å². The number of nitrogens with one attached hydrogen (secondary N) is 1. The van der Waals surface area contributed by atoms with Crippen LogP contribution in [0, 0.1) is 12.8 Å². The van der Waals surface area contributed by atoms with E-state index in [0.717, 1.165) is 24.3 Å². The Labute approximate surface area is 140 Å². The predicted molar refractivity (Wildman–Crippen MR) is 89.3 cm³/mol. The van der Waals surface area contributed by atoms with Crippen molar-refractivity contribution in [3.63, 3.8) is 0 Å². The number of aromatic nitrogens is 1. The maximum absolute atomic E-state index is 12.2. The summed E-state index contributed by atoms with van der Waals surface area (Å²) in [4.78, 5) is 28.9. The second-order valence-electron chi connectivity index (χ2n) is 6.04. The van der Waals surface area contributed by atoms with E-state index in [4.69, 9.17) is 10.5 Å². The molecule has 128 valence electrons. The van der Waals surface area contributed by atoms with Crippen LogP contribution in [0.4, 0.5) is 0 Å². The van der Waals surface area contributed by atoms with E-state index >= 15 is 0 Å². The first-order chi connectivity index (χ1) is 10.9. The number of hydrogen-bond acceptors (Lipinski definition) is 6. The number of hydrogen-bond donors (Lipinski definition) is 2. The Bertz CT molecular complexity index is 573. The quantitative estimate of drug-likeness (QED) is 0.776. The molecule has 1 aromatic rings. The fourth-order valence-corrected chi connectivity index (χ4v) is 3.87. The van der Waals surface area contributed by atoms with Gasteiger partial charge in [-0.25, -0.2) is 9.78 Å². The lowest BCUT2D eigenvalue weighted by molar-refractivity contribution is -0.122. The summed E-state index contributed by atoms with van der Waals surface area (Å²) in [5, 5.41) is 3.67. The number of nitrogens with two attached hydrogens (primary N) is 1. The lowest BCUT2D eigenvalue weighted by Gasteiger charge is -2.17. The van der Waals surface area contributed by atoms with Crippen LogP contribution in [-0.2, 0) is 9.53 Å². The van der Waals surface area contributed by atoms with Gasteiger partial charge in [0.15, 0.2) is 0 Å². The number of thiazole rings is 1. The highest BCUT2D eigenvalue weighted by molar-refractivity contribution is 7.13. The highest BCUT2D eigenvalue weighted by atomic mass is 32.1. The van der Waals surface area contributed by atoms with E-state index in [1.165, 1.54) is 11.3 Å². The molecule has 1 fully saturated rings. The molecule has 1 aromatic heterocycles. The third kappa shape index (κ3) is 4.51. The standard InChI is InChI=1S/C16H25N3O3S/c1-4-22-16(21)14-9(2)19-15(23-14)10(3)18-13(20)8-11-6-5-7-12(11)17/h10-12H,4-8,17H2,1-3H3,(H,18,20)/t10?,11-,12+/m0/s1. The molecule has 1 aliphatic carbocycles. The molecule has 1 amide bonds. The smallest absolute Gasteiger partial charge is 0.350 e. The Kier molecular flexibility index (Phi) is 6.12. The first kappa shape index (κ1) is 17.9. The molecule has 3 atom stereocenters. The van der Waals surface area contributed by atoms with Gasteiger partial charge in [-0.05, 0) is 39.5 Å². The van der Waals surface area contributed by atoms with Crippen molar-refractivity contribution in [2.24, 2.45) is 11.7 Å². The number of rotatable bonds is 6. The maximum atomic E-state index is 12.2. The molecule has 0 aliphatic heterocycles. The topological polar surface area (TPSA) is 94.3 Å². The molecule has 0 radical (unpaired) electrons. The van der Waals surface area contributed by atoms with Gasteiger partial charge >= 0.3 is 5.97 Å². The van der Waals surface area contributed by atoms with Crippen LogP contribution in [0.2, 0.25) is 0 Å². The molecule has 1 saturated carbocycles. The molecule has 2 rings (SSSR count). The molecule has 0 saturated heterocycles. The van der Waals surface area contributed by atoms with Crippen LogP contribution < -0.4 is 11.1 Å². The van der Waals surface area contributed by atoms with Gasteiger partial charge in [0.2, 0.25) is 5.91 Å². The van der Waals surface area contributed by atoms with E-state index in [2.05, 4.69) is 10.3 Å². The Morgan fingerprint density at radius 2 is 2.22 bits per heavy atom. The minimum absolute atomic E-state index is 0.00890. The zero-order valence-electron chi connectivity index (χ0n) is 13.9. The van der Waals surface area contributed by atoms with Crippen LogP contribution in [0.5, 0.6) is 0 Å². The summed E-state index contributed by atoms with van der Waals surface area (Å²) in [6, 6.07) is -0.0967. The summed E-state index contributed by atoms with van der Waals surface area (Å²) in [5.41, 5.74) is 6.65. The van der Waals surface area contributed by atoms with Crippen molar-refractivity contribution in [1.82, 2.24) is 10.3 Å². The van der Waals surface area contributed by atoms with Crippen molar-refractivity contribution >= 4 is 23.2 Å². The largest absolute Gasteiger partial charge is 0.462 e. The van der Waals surface area contributed by atoms with Crippen molar-refractivity contribution in [2.75, 3.05) is 6.61 Å². The summed E-state index contributed by atoms with van der Waals surface area (Å²) in [7, 11) is 0. The van der Waals surface area contributed by atoms with E-state index in [9.17, 15) is 9.59 Å². The molecule has 23 heavy (non-hydrogen) atoms. The number of nitrogens with zero attached hydrogens (tertiary/aromatic N) is 1. The van der Waals surface area contributed by atoms with E-state index in [1.807, 2.05) is 6.92 Å². The van der Waals surface area contributed by atoms with Gasteiger partial charge in [0.25, 0.3) is 0 Å². The van der Waals surface area contributed by atoms with Crippen LogP contribution in [0.15, 0.2) is 0 Å². The number of ether oxygens (including phenoxy) is 1. The summed E-state index contributed by atoms with van der Waals surface area (Å²) in [5.74, 6) is -0.0927. The minimum Gasteiger partial charge on any atom is -0.462 e. The van der Waals surface area contributed by atoms with Gasteiger partial charge in [0.1, 0.15) is 9.88 Å². The Balaban J connectivity index is 1.95. The molecule has 0 spiro atoms. The molecule has 1 unspecified atom stereocenters. The van der Waals surface area contributed by atoms with Crippen LogP contribution in [-0.4, -0.2) is 29.5 Å². The molecular weight excluding hydrogens is 314 g/mol. The third-order valence-corrected chi connectivity index (χ3v) is 5.51. The second kappa shape index (κ2) is 7.88. The van der Waals surface area contributed by atoms with E-state index in [1.54, 1.807) is 13.8 Å². The Morgan fingerprint density at radius 1 is 1.48 bits per heavy atom. The number of aryl methyl sites for hydroxylation is 1. The van der Waals surface area contributed by atoms with Gasteiger partial charge < -0.3 is 15.8 Å². The first-order valence-electron chi connectivity index (χ1n) is 8.11. The highest BCUT2D eigenvalue weighted by Gasteiger charge is 2.27. The fourth-order valence-electron chi connectivity index (χ4n) is 2.91. The number of carbonyl (C=O) groups is 2. The van der Waals surface area contributed by atoms with Crippen LogP contribution in [0.25, 0.3) is 0 Å². The summed E-state index contributed by atoms with van der Waals surface area (Å²) in [6.45, 7) is 5.75. The average Bonchev–Trinajstić information content (AvgIpc) is 3.06. The van der Waals surface area contributed by atoms with Crippen molar-refractivity contribution < 1.29 is 14.3 Å². The van der Waals surface area contributed by atoms with Gasteiger partial charge in [-0.2, -0.15) is 0 Å². The average molecular weight is 339 g/mol. The molecular formula is C16H25N3O3S. The minimum atomic E-state index is -0.357. The summed E-state index contributed by atoms with van der Waals surface area (Å²) >= 11 is 1.28. The van der Waals surface area contributed by atoms with Crippen LogP contribution >= 0.6 is 11.3 Å². The van der Waals surface area contributed by atoms with Gasteiger partial charge in [-0.15, -0.1) is 11.3 Å². The van der Waals surface area contributed by atoms with Crippen molar-refractivity contribution in [3.05, 3.63) is 15.6 Å². The molecule has 1 heterocycles. The summed E-state index contributed by atoms with van der Waals surface area (Å²) in [6.07, 6.45) is 3.58. The fraction of sp³-hybridized carbons (Fsp3) is 0.688. The van der Waals surface area contributed by atoms with E-state index in [0.29, 0.717) is 23.6 Å². The molecule has 6 nitrogen and oxygen atoms in total. The molecule has 0 bridgehead atoms. The van der Waals surface area contributed by atoms with E-state index < -0.39 is 0 Å². The Hall–Kier alpha value is -1.47. The number of amides is 1. The van der Waals surface area contributed by atoms with Crippen LogP contribution in [0.1, 0.15) is 65.9 Å². The first-order valence-corrected chi connectivity index (χ1v) is 8.93. The molecule has 3 N–H and O–H groups in total. The molecule has 7 heteroatoms. The lowest BCUT2D eigenvalue weighted by Crippen LogP contribution is -2.32. The summed E-state index contributed by atoms with van der Waals surface area (Å²) < 4.78 is 5.01. The second-order valence-corrected chi connectivity index (χ2v) is 7.07. The molecule has 1 aliphatic rings. The van der Waals surface area contributed by atoms with Crippen molar-refractivity contribution in [3.8, 4) is 0 Å². The Morgan fingerprint density at radius 3 is 2.83 bits per heavy atom. The van der Waals surface area contributed by atoms with Gasteiger partial charge in [0, 0.05) is 12.5 Å². The SMILES string of the molecule is CCOC(=O)c1sc(C(C)NC(=O)C[C@@H]2CCC[C@H]2N)nc1C. The zero-order valence-corrected chi connectivity index (χ0v) is 14.7. The van der Waals surface area contributed by atoms with Gasteiger partial charge in [-0.1, -0.05) is 6.42 Å². The maximum Gasteiger partial charge on any atom is 0.350 e. The third-order valence-electron chi connectivity index (χ3n) is 4.19. The predicted octanol–water partition coefficient (Wildman–Crippen LogP) is 2.32.